The third kappa shape index (κ3) is 3.19. The van der Waals surface area contributed by atoms with Crippen LogP contribution >= 0.6 is 11.3 Å². The van der Waals surface area contributed by atoms with Gasteiger partial charge in [0.1, 0.15) is 0 Å². The Morgan fingerprint density at radius 2 is 2.37 bits per heavy atom. The van der Waals surface area contributed by atoms with Crippen LogP contribution in [0.4, 0.5) is 6.01 Å². The first-order valence-electron chi connectivity index (χ1n) is 5.51. The molecule has 0 spiro atoms. The predicted octanol–water partition coefficient (Wildman–Crippen LogP) is 1.31. The van der Waals surface area contributed by atoms with E-state index >= 15 is 0 Å². The minimum atomic E-state index is -0.294. The van der Waals surface area contributed by atoms with Crippen LogP contribution in [-0.2, 0) is 0 Å². The second-order valence-corrected chi connectivity index (χ2v) is 4.78. The highest BCUT2D eigenvalue weighted by atomic mass is 32.1. The van der Waals surface area contributed by atoms with E-state index in [2.05, 4.69) is 27.3 Å². The first kappa shape index (κ1) is 13.3. The van der Waals surface area contributed by atoms with Crippen molar-refractivity contribution < 1.29 is 9.32 Å². The Bertz CT molecular complexity index is 663. The Morgan fingerprint density at radius 1 is 1.58 bits per heavy atom. The first-order valence-corrected chi connectivity index (χ1v) is 6.33. The number of thiophene rings is 1. The molecule has 3 N–H and O–H groups in total. The fourth-order valence-electron chi connectivity index (χ4n) is 1.36. The minimum absolute atomic E-state index is 0.0862. The Labute approximate surface area is 114 Å². The van der Waals surface area contributed by atoms with Crippen molar-refractivity contribution in [1.29, 1.82) is 0 Å². The smallest absolute Gasteiger partial charge is 0.320 e. The Kier molecular flexibility index (Phi) is 3.94. The highest BCUT2D eigenvalue weighted by molar-refractivity contribution is 7.14. The number of hydrogen-bond donors (Lipinski definition) is 2. The van der Waals surface area contributed by atoms with Gasteiger partial charge in [-0.25, -0.2) is 0 Å². The summed E-state index contributed by atoms with van der Waals surface area (Å²) < 4.78 is 4.83. The SMILES string of the molecule is Cc1noc(NC(=O)c2cc(C)c(C#CCN)s2)n1. The molecule has 98 valence electrons. The summed E-state index contributed by atoms with van der Waals surface area (Å²) in [6, 6.07) is 1.85. The molecular formula is C12H12N4O2S. The molecule has 0 radical (unpaired) electrons. The van der Waals surface area contributed by atoms with Crippen molar-refractivity contribution in [3.05, 3.63) is 27.2 Å². The number of aryl methyl sites for hydroxylation is 2. The molecule has 1 amide bonds. The number of carbonyl (C=O) groups is 1. The number of hydrogen-bond acceptors (Lipinski definition) is 6. The van der Waals surface area contributed by atoms with Crippen molar-refractivity contribution >= 4 is 23.3 Å². The van der Waals surface area contributed by atoms with E-state index in [1.165, 1.54) is 11.3 Å². The molecule has 2 rings (SSSR count). The lowest BCUT2D eigenvalue weighted by atomic mass is 10.2. The van der Waals surface area contributed by atoms with Gasteiger partial charge in [0.2, 0.25) is 0 Å². The van der Waals surface area contributed by atoms with Gasteiger partial charge in [-0.05, 0) is 25.5 Å². The van der Waals surface area contributed by atoms with E-state index in [-0.39, 0.29) is 11.9 Å². The maximum absolute atomic E-state index is 12.0. The number of amides is 1. The minimum Gasteiger partial charge on any atom is -0.320 e. The standard InChI is InChI=1S/C12H12N4O2S/c1-7-6-10(19-9(7)4-3-5-13)11(17)15-12-14-8(2)16-18-12/h6H,5,13H2,1-2H3,(H,14,15,16,17). The first-order chi connectivity index (χ1) is 9.10. The molecule has 0 aromatic carbocycles. The van der Waals surface area contributed by atoms with E-state index in [0.717, 1.165) is 10.4 Å². The molecule has 19 heavy (non-hydrogen) atoms. The summed E-state index contributed by atoms with van der Waals surface area (Å²) in [6.45, 7) is 3.86. The molecule has 2 heterocycles. The maximum atomic E-state index is 12.0. The average molecular weight is 276 g/mol. The van der Waals surface area contributed by atoms with Crippen LogP contribution in [0.5, 0.6) is 0 Å². The summed E-state index contributed by atoms with van der Waals surface area (Å²) in [5.74, 6) is 5.87. The lowest BCUT2D eigenvalue weighted by molar-refractivity contribution is 0.102. The van der Waals surface area contributed by atoms with Crippen molar-refractivity contribution in [1.82, 2.24) is 10.1 Å². The predicted molar refractivity (Wildman–Crippen MR) is 72.0 cm³/mol. The number of anilines is 1. The van der Waals surface area contributed by atoms with Crippen LogP contribution in [-0.4, -0.2) is 22.6 Å². The van der Waals surface area contributed by atoms with E-state index < -0.39 is 0 Å². The summed E-state index contributed by atoms with van der Waals surface area (Å²) >= 11 is 1.30. The molecule has 0 aliphatic heterocycles. The molecule has 6 nitrogen and oxygen atoms in total. The molecule has 0 atom stereocenters. The summed E-state index contributed by atoms with van der Waals surface area (Å²) in [4.78, 5) is 17.2. The number of rotatable bonds is 2. The van der Waals surface area contributed by atoms with Crippen LogP contribution < -0.4 is 11.1 Å². The normalized spacial score (nSPS) is 9.84. The van der Waals surface area contributed by atoms with Gasteiger partial charge in [-0.15, -0.1) is 11.3 Å². The Balaban J connectivity index is 2.15. The Hall–Kier alpha value is -2.17. The van der Waals surface area contributed by atoms with Gasteiger partial charge in [-0.1, -0.05) is 17.0 Å². The molecule has 2 aromatic rings. The lowest BCUT2D eigenvalue weighted by Gasteiger charge is -1.94. The fourth-order valence-corrected chi connectivity index (χ4v) is 2.30. The molecule has 0 bridgehead atoms. The monoisotopic (exact) mass is 276 g/mol. The zero-order chi connectivity index (χ0) is 13.8. The largest absolute Gasteiger partial charge is 0.328 e. The maximum Gasteiger partial charge on any atom is 0.328 e. The van der Waals surface area contributed by atoms with Crippen molar-refractivity contribution in [3.63, 3.8) is 0 Å². The van der Waals surface area contributed by atoms with Gasteiger partial charge in [0.05, 0.1) is 16.3 Å². The van der Waals surface area contributed by atoms with Gasteiger partial charge in [0.25, 0.3) is 5.91 Å². The molecular weight excluding hydrogens is 264 g/mol. The number of carbonyl (C=O) groups excluding carboxylic acids is 1. The second kappa shape index (κ2) is 5.65. The number of nitrogens with zero attached hydrogens (tertiary/aromatic N) is 2. The van der Waals surface area contributed by atoms with Crippen molar-refractivity contribution in [2.75, 3.05) is 11.9 Å². The molecule has 0 fully saturated rings. The molecule has 0 unspecified atom stereocenters. The molecule has 0 aliphatic carbocycles. The Morgan fingerprint density at radius 3 is 3.00 bits per heavy atom. The van der Waals surface area contributed by atoms with Gasteiger partial charge < -0.3 is 10.3 Å². The lowest BCUT2D eigenvalue weighted by Crippen LogP contribution is -2.10. The van der Waals surface area contributed by atoms with Gasteiger partial charge in [-0.2, -0.15) is 4.98 Å². The molecule has 7 heteroatoms. The van der Waals surface area contributed by atoms with Crippen LogP contribution in [0.1, 0.15) is 25.9 Å². The van der Waals surface area contributed by atoms with Crippen molar-refractivity contribution in [2.24, 2.45) is 5.73 Å². The third-order valence-corrected chi connectivity index (χ3v) is 3.34. The van der Waals surface area contributed by atoms with Crippen LogP contribution in [0, 0.1) is 25.7 Å². The highest BCUT2D eigenvalue weighted by Gasteiger charge is 2.14. The molecule has 2 aromatic heterocycles. The number of nitrogens with one attached hydrogen (secondary N) is 1. The van der Waals surface area contributed by atoms with Crippen LogP contribution in [0.3, 0.4) is 0 Å². The van der Waals surface area contributed by atoms with Crippen LogP contribution in [0.15, 0.2) is 10.6 Å². The second-order valence-electron chi connectivity index (χ2n) is 3.73. The highest BCUT2D eigenvalue weighted by Crippen LogP contribution is 2.21. The van der Waals surface area contributed by atoms with E-state index in [1.54, 1.807) is 13.0 Å². The third-order valence-electron chi connectivity index (χ3n) is 2.19. The van der Waals surface area contributed by atoms with E-state index in [1.807, 2.05) is 6.92 Å². The van der Waals surface area contributed by atoms with Crippen molar-refractivity contribution in [2.45, 2.75) is 13.8 Å². The summed E-state index contributed by atoms with van der Waals surface area (Å²) in [5, 5.41) is 6.13. The van der Waals surface area contributed by atoms with E-state index in [4.69, 9.17) is 10.3 Å². The summed E-state index contributed by atoms with van der Waals surface area (Å²) in [5.41, 5.74) is 6.26. The summed E-state index contributed by atoms with van der Waals surface area (Å²) in [6.07, 6.45) is 0. The zero-order valence-corrected chi connectivity index (χ0v) is 11.3. The molecule has 0 aliphatic rings. The van der Waals surface area contributed by atoms with Crippen LogP contribution in [0.2, 0.25) is 0 Å². The summed E-state index contributed by atoms with van der Waals surface area (Å²) in [7, 11) is 0. The zero-order valence-electron chi connectivity index (χ0n) is 10.5. The molecule has 0 saturated carbocycles. The topological polar surface area (TPSA) is 94.0 Å². The van der Waals surface area contributed by atoms with Gasteiger partial charge in [0, 0.05) is 0 Å². The van der Waals surface area contributed by atoms with Crippen molar-refractivity contribution in [3.8, 4) is 11.8 Å². The number of nitrogens with two attached hydrogens (primary N) is 1. The van der Waals surface area contributed by atoms with Gasteiger partial charge >= 0.3 is 6.01 Å². The van der Waals surface area contributed by atoms with E-state index in [0.29, 0.717) is 17.2 Å². The van der Waals surface area contributed by atoms with Crippen LogP contribution in [0.25, 0.3) is 0 Å². The fraction of sp³-hybridized carbons (Fsp3) is 0.250. The number of aromatic nitrogens is 2. The average Bonchev–Trinajstić information content (AvgIpc) is 2.93. The molecule has 0 saturated heterocycles. The van der Waals surface area contributed by atoms with Gasteiger partial charge in [-0.3, -0.25) is 10.1 Å². The quantitative estimate of drug-likeness (QED) is 0.806. The van der Waals surface area contributed by atoms with E-state index in [9.17, 15) is 4.79 Å². The van der Waals surface area contributed by atoms with Gasteiger partial charge in [0.15, 0.2) is 5.82 Å².